The molecule has 18 heavy (non-hydrogen) atoms. The summed E-state index contributed by atoms with van der Waals surface area (Å²) in [7, 11) is 3.56. The molecule has 4 heteroatoms. The lowest BCUT2D eigenvalue weighted by atomic mass is 9.88. The first-order valence-electron chi connectivity index (χ1n) is 7.26. The summed E-state index contributed by atoms with van der Waals surface area (Å²) in [6.45, 7) is 2.69. The van der Waals surface area contributed by atoms with Crippen molar-refractivity contribution in [3.05, 3.63) is 0 Å². The standard InChI is InChI=1S/C14H28N2O2/c1-17-12-9-16(10-13(12)18-2)14(11-15)7-5-3-4-6-8-14/h12-13H,3-11,15H2,1-2H3. The summed E-state index contributed by atoms with van der Waals surface area (Å²) in [5, 5.41) is 0. The Labute approximate surface area is 111 Å². The number of nitrogens with two attached hydrogens (primary N) is 1. The maximum Gasteiger partial charge on any atom is 0.0972 e. The summed E-state index contributed by atoms with van der Waals surface area (Å²) in [6, 6.07) is 0. The van der Waals surface area contributed by atoms with E-state index in [1.807, 2.05) is 0 Å². The Kier molecular flexibility index (Phi) is 5.01. The maximum atomic E-state index is 6.14. The monoisotopic (exact) mass is 256 g/mol. The number of nitrogens with zero attached hydrogens (tertiary/aromatic N) is 1. The molecule has 106 valence electrons. The molecule has 2 atom stereocenters. The van der Waals surface area contributed by atoms with Crippen molar-refractivity contribution in [1.29, 1.82) is 0 Å². The number of hydrogen-bond acceptors (Lipinski definition) is 4. The minimum Gasteiger partial charge on any atom is -0.377 e. The average molecular weight is 256 g/mol. The van der Waals surface area contributed by atoms with Crippen molar-refractivity contribution in [2.75, 3.05) is 33.9 Å². The zero-order valence-corrected chi connectivity index (χ0v) is 11.9. The van der Waals surface area contributed by atoms with Crippen LogP contribution < -0.4 is 5.73 Å². The molecule has 0 amide bonds. The second-order valence-corrected chi connectivity index (χ2v) is 5.80. The highest BCUT2D eigenvalue weighted by Crippen LogP contribution is 2.35. The van der Waals surface area contributed by atoms with E-state index in [1.54, 1.807) is 14.2 Å². The largest absolute Gasteiger partial charge is 0.377 e. The molecule has 0 bridgehead atoms. The fourth-order valence-electron chi connectivity index (χ4n) is 3.62. The van der Waals surface area contributed by atoms with E-state index >= 15 is 0 Å². The van der Waals surface area contributed by atoms with Crippen LogP contribution in [0.15, 0.2) is 0 Å². The molecule has 1 aliphatic heterocycles. The topological polar surface area (TPSA) is 47.7 Å². The minimum absolute atomic E-state index is 0.195. The van der Waals surface area contributed by atoms with Crippen molar-refractivity contribution >= 4 is 0 Å². The van der Waals surface area contributed by atoms with Gasteiger partial charge in [-0.15, -0.1) is 0 Å². The highest BCUT2D eigenvalue weighted by molar-refractivity contribution is 4.99. The molecular formula is C14H28N2O2. The van der Waals surface area contributed by atoms with Gasteiger partial charge in [-0.05, 0) is 12.8 Å². The van der Waals surface area contributed by atoms with Gasteiger partial charge in [0.2, 0.25) is 0 Å². The van der Waals surface area contributed by atoms with Crippen LogP contribution in [0.4, 0.5) is 0 Å². The summed E-state index contributed by atoms with van der Waals surface area (Å²) in [5.41, 5.74) is 6.33. The van der Waals surface area contributed by atoms with Gasteiger partial charge >= 0.3 is 0 Å². The first-order valence-corrected chi connectivity index (χ1v) is 7.26. The third-order valence-corrected chi connectivity index (χ3v) is 4.91. The Morgan fingerprint density at radius 3 is 1.89 bits per heavy atom. The van der Waals surface area contributed by atoms with Gasteiger partial charge < -0.3 is 15.2 Å². The predicted molar refractivity (Wildman–Crippen MR) is 72.7 cm³/mol. The molecule has 0 aromatic heterocycles. The summed E-state index contributed by atoms with van der Waals surface area (Å²) in [4.78, 5) is 2.54. The SMILES string of the molecule is COC1CN(C2(CN)CCCCCC2)CC1OC. The highest BCUT2D eigenvalue weighted by Gasteiger charge is 2.44. The van der Waals surface area contributed by atoms with Gasteiger partial charge in [0.15, 0.2) is 0 Å². The lowest BCUT2D eigenvalue weighted by Gasteiger charge is -2.41. The van der Waals surface area contributed by atoms with Crippen LogP contribution >= 0.6 is 0 Å². The molecular weight excluding hydrogens is 228 g/mol. The molecule has 2 unspecified atom stereocenters. The van der Waals surface area contributed by atoms with Crippen molar-refractivity contribution in [3.63, 3.8) is 0 Å². The van der Waals surface area contributed by atoms with E-state index in [0.717, 1.165) is 19.6 Å². The molecule has 0 aromatic rings. The molecule has 2 rings (SSSR count). The molecule has 1 heterocycles. The van der Waals surface area contributed by atoms with Crippen molar-refractivity contribution in [1.82, 2.24) is 4.90 Å². The summed E-state index contributed by atoms with van der Waals surface area (Å²) in [5.74, 6) is 0. The first kappa shape index (κ1) is 14.3. The fourth-order valence-corrected chi connectivity index (χ4v) is 3.62. The lowest BCUT2D eigenvalue weighted by molar-refractivity contribution is -0.00461. The number of likely N-dealkylation sites (tertiary alicyclic amines) is 1. The third-order valence-electron chi connectivity index (χ3n) is 4.91. The Morgan fingerprint density at radius 2 is 1.50 bits per heavy atom. The van der Waals surface area contributed by atoms with E-state index in [-0.39, 0.29) is 17.7 Å². The van der Waals surface area contributed by atoms with Crippen LogP contribution in [0, 0.1) is 0 Å². The summed E-state index contributed by atoms with van der Waals surface area (Å²) in [6.07, 6.45) is 8.19. The maximum absolute atomic E-state index is 6.14. The van der Waals surface area contributed by atoms with Crippen LogP contribution in [0.25, 0.3) is 0 Å². The first-order chi connectivity index (χ1) is 8.75. The molecule has 0 aromatic carbocycles. The van der Waals surface area contributed by atoms with Crippen molar-refractivity contribution in [2.24, 2.45) is 5.73 Å². The minimum atomic E-state index is 0.195. The zero-order chi connectivity index (χ0) is 13.0. The number of ether oxygens (including phenoxy) is 2. The van der Waals surface area contributed by atoms with E-state index in [2.05, 4.69) is 4.90 Å². The van der Waals surface area contributed by atoms with Crippen LogP contribution in [0.3, 0.4) is 0 Å². The highest BCUT2D eigenvalue weighted by atomic mass is 16.5. The molecule has 1 saturated carbocycles. The number of methoxy groups -OCH3 is 2. The van der Waals surface area contributed by atoms with Gasteiger partial charge in [0.1, 0.15) is 0 Å². The Hall–Kier alpha value is -0.160. The fraction of sp³-hybridized carbons (Fsp3) is 1.00. The molecule has 0 radical (unpaired) electrons. The van der Waals surface area contributed by atoms with E-state index < -0.39 is 0 Å². The quantitative estimate of drug-likeness (QED) is 0.772. The van der Waals surface area contributed by atoms with Crippen molar-refractivity contribution in [3.8, 4) is 0 Å². The summed E-state index contributed by atoms with van der Waals surface area (Å²) < 4.78 is 11.1. The van der Waals surface area contributed by atoms with E-state index in [0.29, 0.717) is 0 Å². The lowest BCUT2D eigenvalue weighted by Crippen LogP contribution is -2.53. The molecule has 0 spiro atoms. The van der Waals surface area contributed by atoms with Gasteiger partial charge in [0, 0.05) is 39.4 Å². The smallest absolute Gasteiger partial charge is 0.0972 e. The Bertz CT molecular complexity index is 240. The second-order valence-electron chi connectivity index (χ2n) is 5.80. The van der Waals surface area contributed by atoms with Gasteiger partial charge in [-0.25, -0.2) is 0 Å². The number of rotatable bonds is 4. The number of hydrogen-bond donors (Lipinski definition) is 1. The Morgan fingerprint density at radius 1 is 1.00 bits per heavy atom. The third kappa shape index (κ3) is 2.72. The average Bonchev–Trinajstić information content (AvgIpc) is 2.69. The summed E-state index contributed by atoms with van der Waals surface area (Å²) >= 11 is 0. The van der Waals surface area contributed by atoms with Gasteiger partial charge in [-0.2, -0.15) is 0 Å². The molecule has 1 saturated heterocycles. The van der Waals surface area contributed by atoms with Crippen molar-refractivity contribution in [2.45, 2.75) is 56.3 Å². The van der Waals surface area contributed by atoms with Crippen LogP contribution in [0.1, 0.15) is 38.5 Å². The van der Waals surface area contributed by atoms with E-state index in [1.165, 1.54) is 38.5 Å². The van der Waals surface area contributed by atoms with Gasteiger partial charge in [0.25, 0.3) is 0 Å². The normalized spacial score (nSPS) is 33.5. The van der Waals surface area contributed by atoms with E-state index in [4.69, 9.17) is 15.2 Å². The molecule has 4 nitrogen and oxygen atoms in total. The molecule has 2 aliphatic rings. The van der Waals surface area contributed by atoms with Gasteiger partial charge in [0.05, 0.1) is 12.2 Å². The van der Waals surface area contributed by atoms with Crippen LogP contribution in [0.2, 0.25) is 0 Å². The van der Waals surface area contributed by atoms with E-state index in [9.17, 15) is 0 Å². The molecule has 1 aliphatic carbocycles. The van der Waals surface area contributed by atoms with Crippen LogP contribution in [-0.2, 0) is 9.47 Å². The van der Waals surface area contributed by atoms with Crippen LogP contribution in [0.5, 0.6) is 0 Å². The zero-order valence-electron chi connectivity index (χ0n) is 11.9. The second kappa shape index (κ2) is 6.33. The van der Waals surface area contributed by atoms with Crippen molar-refractivity contribution < 1.29 is 9.47 Å². The predicted octanol–water partition coefficient (Wildman–Crippen LogP) is 1.38. The van der Waals surface area contributed by atoms with Gasteiger partial charge in [-0.1, -0.05) is 25.7 Å². The Balaban J connectivity index is 2.08. The molecule has 2 fully saturated rings. The van der Waals surface area contributed by atoms with Crippen LogP contribution in [-0.4, -0.2) is 56.5 Å². The molecule has 2 N–H and O–H groups in total. The van der Waals surface area contributed by atoms with Gasteiger partial charge in [-0.3, -0.25) is 4.90 Å².